The van der Waals surface area contributed by atoms with Gasteiger partial charge in [-0.1, -0.05) is 78.9 Å². The molecule has 3 amide bonds. The van der Waals surface area contributed by atoms with E-state index in [2.05, 4.69) is 20.9 Å². The molecule has 3 aromatic carbocycles. The maximum Gasteiger partial charge on any atom is 0.407 e. The fourth-order valence-electron chi connectivity index (χ4n) is 4.22. The number of hydrogen-bond acceptors (Lipinski definition) is 5. The van der Waals surface area contributed by atoms with Gasteiger partial charge < -0.3 is 30.8 Å². The Morgan fingerprint density at radius 2 is 1.43 bits per heavy atom. The molecule has 1 heterocycles. The van der Waals surface area contributed by atoms with Gasteiger partial charge >= 0.3 is 12.1 Å². The van der Waals surface area contributed by atoms with E-state index in [4.69, 9.17) is 4.74 Å². The number of aromatic amines is 1. The number of hydrogen-bond donors (Lipinski definition) is 5. The second kappa shape index (κ2) is 13.6. The molecule has 2 unspecified atom stereocenters. The molecule has 0 aliphatic heterocycles. The zero-order chi connectivity index (χ0) is 28.3. The van der Waals surface area contributed by atoms with Crippen LogP contribution in [0.3, 0.4) is 0 Å². The number of carbonyl (C=O) groups excluding carboxylic acids is 3. The first-order valence-corrected chi connectivity index (χ1v) is 12.7. The molecule has 0 spiro atoms. The number of amides is 3. The second-order valence-electron chi connectivity index (χ2n) is 9.19. The Balaban J connectivity index is 1.38. The summed E-state index contributed by atoms with van der Waals surface area (Å²) in [6, 6.07) is 23.3. The molecule has 5 N–H and O–H groups in total. The van der Waals surface area contributed by atoms with Crippen molar-refractivity contribution in [2.75, 3.05) is 6.54 Å². The van der Waals surface area contributed by atoms with Crippen molar-refractivity contribution in [3.05, 3.63) is 108 Å². The van der Waals surface area contributed by atoms with Crippen molar-refractivity contribution in [2.24, 2.45) is 0 Å². The van der Waals surface area contributed by atoms with E-state index in [1.807, 2.05) is 48.5 Å². The fraction of sp³-hybridized carbons (Fsp3) is 0.200. The average Bonchev–Trinajstić information content (AvgIpc) is 3.38. The largest absolute Gasteiger partial charge is 0.480 e. The van der Waals surface area contributed by atoms with Crippen LogP contribution in [0.2, 0.25) is 0 Å². The van der Waals surface area contributed by atoms with Crippen molar-refractivity contribution in [2.45, 2.75) is 31.5 Å². The number of alkyl carbamates (subject to hydrolysis) is 1. The van der Waals surface area contributed by atoms with Crippen molar-refractivity contribution >= 4 is 34.8 Å². The minimum Gasteiger partial charge on any atom is -0.480 e. The molecule has 0 bridgehead atoms. The highest BCUT2D eigenvalue weighted by molar-refractivity contribution is 5.92. The summed E-state index contributed by atoms with van der Waals surface area (Å²) in [5.41, 5.74) is 3.16. The highest BCUT2D eigenvalue weighted by Crippen LogP contribution is 2.19. The van der Waals surface area contributed by atoms with E-state index in [0.717, 1.165) is 27.6 Å². The van der Waals surface area contributed by atoms with Crippen LogP contribution in [0.1, 0.15) is 16.7 Å². The third-order valence-electron chi connectivity index (χ3n) is 6.25. The van der Waals surface area contributed by atoms with Crippen LogP contribution >= 0.6 is 0 Å². The van der Waals surface area contributed by atoms with Gasteiger partial charge in [-0.05, 0) is 22.8 Å². The molecule has 0 fully saturated rings. The minimum absolute atomic E-state index is 0.0420. The number of carboxylic acids is 1. The predicted molar refractivity (Wildman–Crippen MR) is 148 cm³/mol. The molecule has 0 aliphatic carbocycles. The molecular weight excluding hydrogens is 512 g/mol. The number of para-hydroxylation sites is 1. The first-order chi connectivity index (χ1) is 19.4. The summed E-state index contributed by atoms with van der Waals surface area (Å²) in [4.78, 5) is 53.2. The van der Waals surface area contributed by atoms with Crippen LogP contribution < -0.4 is 16.0 Å². The van der Waals surface area contributed by atoms with E-state index in [-0.39, 0.29) is 19.4 Å². The molecule has 206 valence electrons. The van der Waals surface area contributed by atoms with Crippen LogP contribution in [0.25, 0.3) is 10.9 Å². The Labute approximate surface area is 230 Å². The highest BCUT2D eigenvalue weighted by Gasteiger charge is 2.28. The van der Waals surface area contributed by atoms with Gasteiger partial charge in [0.2, 0.25) is 11.8 Å². The maximum absolute atomic E-state index is 13.3. The van der Waals surface area contributed by atoms with Crippen LogP contribution in [0.15, 0.2) is 91.1 Å². The molecule has 0 saturated carbocycles. The zero-order valence-electron chi connectivity index (χ0n) is 21.6. The van der Waals surface area contributed by atoms with Crippen LogP contribution in [-0.2, 0) is 38.6 Å². The van der Waals surface area contributed by atoms with Gasteiger partial charge in [-0.2, -0.15) is 0 Å². The first kappa shape index (κ1) is 27.9. The van der Waals surface area contributed by atoms with Gasteiger partial charge in [-0.15, -0.1) is 0 Å². The summed E-state index contributed by atoms with van der Waals surface area (Å²) >= 11 is 0. The fourth-order valence-corrected chi connectivity index (χ4v) is 4.22. The number of fused-ring (bicyclic) bond motifs is 1. The highest BCUT2D eigenvalue weighted by atomic mass is 16.5. The predicted octanol–water partition coefficient (Wildman–Crippen LogP) is 2.93. The second-order valence-corrected chi connectivity index (χ2v) is 9.19. The van der Waals surface area contributed by atoms with Gasteiger partial charge in [0, 0.05) is 29.9 Å². The smallest absolute Gasteiger partial charge is 0.407 e. The molecule has 2 atom stereocenters. The standard InChI is InChI=1S/C30H30N4O6/c35-27(18-32-30(39)40-19-21-11-5-2-6-12-21)33-25(15-20-9-3-1-4-10-20)28(36)34-26(29(37)38)16-22-17-31-24-14-8-7-13-23(22)24/h1-14,17,25-26,31H,15-16,18-19H2,(H,32,39)(H,33,35)(H,34,36)(H,37,38). The van der Waals surface area contributed by atoms with Gasteiger partial charge in [-0.25, -0.2) is 9.59 Å². The summed E-state index contributed by atoms with van der Waals surface area (Å²) in [6.07, 6.45) is 1.11. The topological polar surface area (TPSA) is 150 Å². The molecular formula is C30H30N4O6. The van der Waals surface area contributed by atoms with E-state index in [0.29, 0.717) is 0 Å². The number of nitrogens with one attached hydrogen (secondary N) is 4. The number of carboxylic acid groups (broad SMARTS) is 1. The summed E-state index contributed by atoms with van der Waals surface area (Å²) in [5.74, 6) is -2.49. The average molecular weight is 543 g/mol. The summed E-state index contributed by atoms with van der Waals surface area (Å²) < 4.78 is 5.11. The molecule has 40 heavy (non-hydrogen) atoms. The SMILES string of the molecule is O=C(CNC(=O)OCc1ccccc1)NC(Cc1ccccc1)C(=O)NC(Cc1c[nH]c2ccccc12)C(=O)O. The third kappa shape index (κ3) is 7.94. The van der Waals surface area contributed by atoms with Crippen molar-refractivity contribution in [3.63, 3.8) is 0 Å². The molecule has 10 heteroatoms. The molecule has 0 radical (unpaired) electrons. The molecule has 10 nitrogen and oxygen atoms in total. The van der Waals surface area contributed by atoms with Crippen molar-refractivity contribution in [3.8, 4) is 0 Å². The summed E-state index contributed by atoms with van der Waals surface area (Å²) in [6.45, 7) is -0.385. The number of ether oxygens (including phenoxy) is 1. The number of aliphatic carboxylic acids is 1. The van der Waals surface area contributed by atoms with Gasteiger partial charge in [0.25, 0.3) is 0 Å². The van der Waals surface area contributed by atoms with E-state index >= 15 is 0 Å². The number of benzene rings is 3. The van der Waals surface area contributed by atoms with E-state index in [9.17, 15) is 24.3 Å². The van der Waals surface area contributed by atoms with Crippen molar-refractivity contribution < 1.29 is 29.0 Å². The van der Waals surface area contributed by atoms with Gasteiger partial charge in [0.1, 0.15) is 25.2 Å². The minimum atomic E-state index is -1.23. The van der Waals surface area contributed by atoms with Gasteiger partial charge in [0.15, 0.2) is 0 Å². The maximum atomic E-state index is 13.3. The van der Waals surface area contributed by atoms with Crippen LogP contribution in [-0.4, -0.2) is 52.6 Å². The Kier molecular flexibility index (Phi) is 9.49. The van der Waals surface area contributed by atoms with Gasteiger partial charge in [-0.3, -0.25) is 9.59 Å². The molecule has 4 rings (SSSR count). The van der Waals surface area contributed by atoms with Crippen molar-refractivity contribution in [1.29, 1.82) is 0 Å². The van der Waals surface area contributed by atoms with E-state index in [1.54, 1.807) is 42.6 Å². The summed E-state index contributed by atoms with van der Waals surface area (Å²) in [7, 11) is 0. The Morgan fingerprint density at radius 3 is 2.12 bits per heavy atom. The number of H-pyrrole nitrogens is 1. The lowest BCUT2D eigenvalue weighted by molar-refractivity contribution is -0.142. The van der Waals surface area contributed by atoms with E-state index in [1.165, 1.54) is 0 Å². The number of carbonyl (C=O) groups is 4. The summed E-state index contributed by atoms with van der Waals surface area (Å²) in [5, 5.41) is 18.3. The van der Waals surface area contributed by atoms with Crippen LogP contribution in [0, 0.1) is 0 Å². The first-order valence-electron chi connectivity index (χ1n) is 12.7. The van der Waals surface area contributed by atoms with E-state index < -0.39 is 42.5 Å². The lowest BCUT2D eigenvalue weighted by Crippen LogP contribution is -2.54. The number of aromatic nitrogens is 1. The van der Waals surface area contributed by atoms with Crippen LogP contribution in [0.4, 0.5) is 4.79 Å². The van der Waals surface area contributed by atoms with Crippen molar-refractivity contribution in [1.82, 2.24) is 20.9 Å². The third-order valence-corrected chi connectivity index (χ3v) is 6.25. The zero-order valence-corrected chi connectivity index (χ0v) is 21.6. The molecule has 1 aromatic heterocycles. The Hall–Kier alpha value is -5.12. The molecule has 0 aliphatic rings. The lowest BCUT2D eigenvalue weighted by atomic mass is 10.0. The Morgan fingerprint density at radius 1 is 0.775 bits per heavy atom. The lowest BCUT2D eigenvalue weighted by Gasteiger charge is -2.22. The molecule has 0 saturated heterocycles. The Bertz CT molecular complexity index is 1450. The van der Waals surface area contributed by atoms with Crippen LogP contribution in [0.5, 0.6) is 0 Å². The molecule has 4 aromatic rings. The quantitative estimate of drug-likeness (QED) is 0.186. The number of rotatable bonds is 12. The monoisotopic (exact) mass is 542 g/mol. The normalized spacial score (nSPS) is 12.2. The van der Waals surface area contributed by atoms with Gasteiger partial charge in [0.05, 0.1) is 0 Å².